The zero-order valence-corrected chi connectivity index (χ0v) is 18.8. The van der Waals surface area contributed by atoms with E-state index < -0.39 is 11.6 Å². The van der Waals surface area contributed by atoms with Crippen LogP contribution in [0.25, 0.3) is 11.0 Å². The SMILES string of the molecule is Cc1nc(C(C)(C)O)oc1C(=O)N1CCc2[nH]cnc2[C@H]1c1cc2c(C)ccc(C)c2o1. The Kier molecular flexibility index (Phi) is 4.53. The maximum atomic E-state index is 13.7. The Morgan fingerprint density at radius 2 is 1.97 bits per heavy atom. The molecule has 1 amide bonds. The van der Waals surface area contributed by atoms with Gasteiger partial charge in [-0.3, -0.25) is 4.79 Å². The van der Waals surface area contributed by atoms with E-state index in [-0.39, 0.29) is 17.6 Å². The maximum absolute atomic E-state index is 13.7. The van der Waals surface area contributed by atoms with Gasteiger partial charge in [0.05, 0.1) is 17.7 Å². The third kappa shape index (κ3) is 3.14. The Morgan fingerprint density at radius 1 is 1.22 bits per heavy atom. The van der Waals surface area contributed by atoms with Gasteiger partial charge >= 0.3 is 0 Å². The van der Waals surface area contributed by atoms with E-state index in [1.165, 1.54) is 0 Å². The Balaban J connectivity index is 1.63. The number of furan rings is 1. The Labute approximate surface area is 185 Å². The van der Waals surface area contributed by atoms with E-state index in [2.05, 4.69) is 21.0 Å². The molecule has 1 aliphatic heterocycles. The summed E-state index contributed by atoms with van der Waals surface area (Å²) in [5, 5.41) is 11.3. The van der Waals surface area contributed by atoms with Gasteiger partial charge in [-0.15, -0.1) is 0 Å². The number of nitrogens with zero attached hydrogens (tertiary/aromatic N) is 3. The highest BCUT2D eigenvalue weighted by Crippen LogP contribution is 2.39. The number of hydrogen-bond donors (Lipinski definition) is 2. The number of hydrogen-bond acceptors (Lipinski definition) is 6. The monoisotopic (exact) mass is 434 g/mol. The summed E-state index contributed by atoms with van der Waals surface area (Å²) in [6, 6.07) is 5.60. The Morgan fingerprint density at radius 3 is 2.66 bits per heavy atom. The summed E-state index contributed by atoms with van der Waals surface area (Å²) in [4.78, 5) is 27.4. The fraction of sp³-hybridized carbons (Fsp3) is 0.375. The number of amides is 1. The summed E-state index contributed by atoms with van der Waals surface area (Å²) in [5.41, 5.74) is 3.86. The molecule has 1 atom stereocenters. The Bertz CT molecular complexity index is 1300. The topological polar surface area (TPSA) is 108 Å². The maximum Gasteiger partial charge on any atom is 0.292 e. The van der Waals surface area contributed by atoms with E-state index in [4.69, 9.17) is 8.83 Å². The molecule has 166 valence electrons. The fourth-order valence-corrected chi connectivity index (χ4v) is 4.32. The lowest BCUT2D eigenvalue weighted by Gasteiger charge is -2.33. The van der Waals surface area contributed by atoms with Crippen molar-refractivity contribution < 1.29 is 18.7 Å². The first-order valence-corrected chi connectivity index (χ1v) is 10.7. The van der Waals surface area contributed by atoms with Gasteiger partial charge in [-0.1, -0.05) is 12.1 Å². The van der Waals surface area contributed by atoms with Gasteiger partial charge in [-0.25, -0.2) is 9.97 Å². The molecule has 0 aliphatic carbocycles. The molecule has 4 aromatic rings. The van der Waals surface area contributed by atoms with Gasteiger partial charge in [-0.2, -0.15) is 0 Å². The van der Waals surface area contributed by atoms with Gasteiger partial charge in [-0.05, 0) is 51.8 Å². The molecule has 0 saturated heterocycles. The molecule has 3 aromatic heterocycles. The lowest BCUT2D eigenvalue weighted by molar-refractivity contribution is 0.0438. The second kappa shape index (κ2) is 7.06. The molecule has 32 heavy (non-hydrogen) atoms. The predicted molar refractivity (Wildman–Crippen MR) is 117 cm³/mol. The zero-order chi connectivity index (χ0) is 22.8. The second-order valence-corrected chi connectivity index (χ2v) is 9.00. The molecule has 0 radical (unpaired) electrons. The van der Waals surface area contributed by atoms with Gasteiger partial charge in [0.2, 0.25) is 11.7 Å². The quantitative estimate of drug-likeness (QED) is 0.503. The minimum atomic E-state index is -1.28. The normalized spacial score (nSPS) is 16.6. The van der Waals surface area contributed by atoms with Crippen molar-refractivity contribution in [3.8, 4) is 0 Å². The highest BCUT2D eigenvalue weighted by Gasteiger charge is 2.39. The number of aryl methyl sites for hydroxylation is 3. The third-order valence-corrected chi connectivity index (χ3v) is 6.09. The molecule has 1 aromatic carbocycles. The molecular weight excluding hydrogens is 408 g/mol. The van der Waals surface area contributed by atoms with Crippen LogP contribution in [0.1, 0.15) is 70.3 Å². The van der Waals surface area contributed by atoms with Crippen LogP contribution in [0.3, 0.4) is 0 Å². The van der Waals surface area contributed by atoms with Crippen LogP contribution in [0.15, 0.2) is 33.4 Å². The molecule has 4 heterocycles. The van der Waals surface area contributed by atoms with Crippen LogP contribution in [0.4, 0.5) is 0 Å². The van der Waals surface area contributed by atoms with Crippen molar-refractivity contribution in [3.63, 3.8) is 0 Å². The molecular formula is C24H26N4O4. The van der Waals surface area contributed by atoms with Crippen molar-refractivity contribution in [3.05, 3.63) is 70.1 Å². The largest absolute Gasteiger partial charge is 0.458 e. The number of carbonyl (C=O) groups is 1. The molecule has 0 fully saturated rings. The molecule has 0 saturated carbocycles. The molecule has 2 N–H and O–H groups in total. The predicted octanol–water partition coefficient (Wildman–Crippen LogP) is 4.08. The number of imidazole rings is 1. The van der Waals surface area contributed by atoms with Crippen molar-refractivity contribution in [1.82, 2.24) is 19.9 Å². The van der Waals surface area contributed by atoms with Crippen LogP contribution in [0, 0.1) is 20.8 Å². The summed E-state index contributed by atoms with van der Waals surface area (Å²) in [5.74, 6) is 0.577. The summed E-state index contributed by atoms with van der Waals surface area (Å²) in [6.45, 7) is 9.37. The molecule has 8 nitrogen and oxygen atoms in total. The lowest BCUT2D eigenvalue weighted by Crippen LogP contribution is -2.40. The summed E-state index contributed by atoms with van der Waals surface area (Å²) < 4.78 is 12.1. The van der Waals surface area contributed by atoms with Crippen LogP contribution in [-0.4, -0.2) is 37.4 Å². The number of rotatable bonds is 3. The fourth-order valence-electron chi connectivity index (χ4n) is 4.32. The number of aromatic nitrogens is 3. The number of nitrogens with one attached hydrogen (secondary N) is 1. The summed E-state index contributed by atoms with van der Waals surface area (Å²) in [7, 11) is 0. The number of aromatic amines is 1. The average molecular weight is 434 g/mol. The van der Waals surface area contributed by atoms with E-state index in [9.17, 15) is 9.90 Å². The van der Waals surface area contributed by atoms with Gasteiger partial charge in [0, 0.05) is 24.0 Å². The number of oxazole rings is 1. The van der Waals surface area contributed by atoms with Crippen LogP contribution < -0.4 is 0 Å². The minimum Gasteiger partial charge on any atom is -0.458 e. The van der Waals surface area contributed by atoms with E-state index in [0.717, 1.165) is 33.5 Å². The molecule has 0 unspecified atom stereocenters. The van der Waals surface area contributed by atoms with E-state index in [0.29, 0.717) is 24.4 Å². The highest BCUT2D eigenvalue weighted by molar-refractivity contribution is 5.93. The third-order valence-electron chi connectivity index (χ3n) is 6.09. The second-order valence-electron chi connectivity index (χ2n) is 9.00. The smallest absolute Gasteiger partial charge is 0.292 e. The van der Waals surface area contributed by atoms with E-state index in [1.54, 1.807) is 32.0 Å². The Hall–Kier alpha value is -3.39. The minimum absolute atomic E-state index is 0.113. The van der Waals surface area contributed by atoms with Crippen LogP contribution in [0.5, 0.6) is 0 Å². The van der Waals surface area contributed by atoms with E-state index >= 15 is 0 Å². The molecule has 1 aliphatic rings. The average Bonchev–Trinajstić information content (AvgIpc) is 3.46. The number of carbonyl (C=O) groups excluding carboxylic acids is 1. The van der Waals surface area contributed by atoms with Crippen LogP contribution in [0.2, 0.25) is 0 Å². The first-order valence-electron chi connectivity index (χ1n) is 10.7. The zero-order valence-electron chi connectivity index (χ0n) is 18.8. The summed E-state index contributed by atoms with van der Waals surface area (Å²) in [6.07, 6.45) is 2.29. The standard InChI is InChI=1S/C24H26N4O4/c1-12-6-7-13(2)20-15(12)10-17(31-20)19-18-16(25-11-26-18)8-9-28(19)22(29)21-14(3)27-23(32-21)24(4,5)30/h6-7,10-11,19,30H,8-9H2,1-5H3,(H,25,26)/t19-/m1/s1. The van der Waals surface area contributed by atoms with Crippen LogP contribution in [-0.2, 0) is 12.0 Å². The van der Waals surface area contributed by atoms with E-state index in [1.807, 2.05) is 26.0 Å². The molecule has 8 heteroatoms. The summed E-state index contributed by atoms with van der Waals surface area (Å²) >= 11 is 0. The van der Waals surface area contributed by atoms with Crippen molar-refractivity contribution in [2.45, 2.75) is 52.7 Å². The van der Waals surface area contributed by atoms with Crippen molar-refractivity contribution in [2.24, 2.45) is 0 Å². The van der Waals surface area contributed by atoms with Crippen LogP contribution >= 0.6 is 0 Å². The number of fused-ring (bicyclic) bond motifs is 2. The van der Waals surface area contributed by atoms with Crippen molar-refractivity contribution in [1.29, 1.82) is 0 Å². The lowest BCUT2D eigenvalue weighted by atomic mass is 9.99. The van der Waals surface area contributed by atoms with Gasteiger partial charge in [0.15, 0.2) is 0 Å². The first-order chi connectivity index (χ1) is 15.1. The number of H-pyrrole nitrogens is 1. The molecule has 5 rings (SSSR count). The number of aliphatic hydroxyl groups is 1. The highest BCUT2D eigenvalue weighted by atomic mass is 16.4. The van der Waals surface area contributed by atoms with Gasteiger partial charge in [0.25, 0.3) is 5.91 Å². The first kappa shape index (κ1) is 20.5. The molecule has 0 bridgehead atoms. The number of benzene rings is 1. The van der Waals surface area contributed by atoms with Gasteiger partial charge < -0.3 is 23.8 Å². The van der Waals surface area contributed by atoms with Gasteiger partial charge in [0.1, 0.15) is 23.0 Å². The van der Waals surface area contributed by atoms with Crippen molar-refractivity contribution >= 4 is 16.9 Å². The van der Waals surface area contributed by atoms with Crippen molar-refractivity contribution in [2.75, 3.05) is 6.54 Å². The molecule has 0 spiro atoms.